The van der Waals surface area contributed by atoms with Gasteiger partial charge in [0, 0.05) is 32.2 Å². The first-order valence-corrected chi connectivity index (χ1v) is 9.26. The molecule has 3 aromatic rings. The minimum Gasteiger partial charge on any atom is -0.489 e. The second kappa shape index (κ2) is 11.4. The molecule has 2 heterocycles. The quantitative estimate of drug-likeness (QED) is 0.292. The maximum Gasteiger partial charge on any atom is 0.191 e. The van der Waals surface area contributed by atoms with Crippen LogP contribution in [0.3, 0.4) is 0 Å². The first-order valence-electron chi connectivity index (χ1n) is 9.26. The van der Waals surface area contributed by atoms with Crippen LogP contribution >= 0.6 is 24.0 Å². The van der Waals surface area contributed by atoms with E-state index in [4.69, 9.17) is 4.74 Å². The van der Waals surface area contributed by atoms with E-state index in [9.17, 15) is 0 Å². The molecule has 1 unspecified atom stereocenters. The molecule has 0 saturated carbocycles. The minimum absolute atomic E-state index is 0. The number of nitrogens with one attached hydrogen (secondary N) is 2. The Bertz CT molecular complexity index is 913. The maximum absolute atomic E-state index is 6.00. The van der Waals surface area contributed by atoms with Crippen molar-refractivity contribution < 1.29 is 4.74 Å². The Kier molecular flexibility index (Phi) is 8.91. The Morgan fingerprint density at radius 1 is 1.21 bits per heavy atom. The molecule has 154 valence electrons. The molecule has 8 heteroatoms. The first-order chi connectivity index (χ1) is 13.7. The molecule has 0 spiro atoms. The predicted octanol–water partition coefficient (Wildman–Crippen LogP) is 3.33. The molecular weight excluding hydrogens is 479 g/mol. The number of benzene rings is 1. The number of imidazole rings is 1. The zero-order valence-corrected chi connectivity index (χ0v) is 19.2. The summed E-state index contributed by atoms with van der Waals surface area (Å²) in [5.41, 5.74) is 2.23. The van der Waals surface area contributed by atoms with Crippen LogP contribution in [0, 0.1) is 6.92 Å². The van der Waals surface area contributed by atoms with E-state index >= 15 is 0 Å². The van der Waals surface area contributed by atoms with Crippen LogP contribution in [0.1, 0.15) is 18.1 Å². The molecule has 1 atom stereocenters. The fraction of sp³-hybridized carbons (Fsp3) is 0.286. The van der Waals surface area contributed by atoms with Crippen LogP contribution in [0.2, 0.25) is 0 Å². The number of hydrogen-bond acceptors (Lipinski definition) is 4. The molecule has 29 heavy (non-hydrogen) atoms. The van der Waals surface area contributed by atoms with Gasteiger partial charge in [-0.1, -0.05) is 18.2 Å². The highest BCUT2D eigenvalue weighted by Gasteiger charge is 2.07. The summed E-state index contributed by atoms with van der Waals surface area (Å²) in [7, 11) is 1.76. The van der Waals surface area contributed by atoms with Crippen molar-refractivity contribution in [1.82, 2.24) is 25.2 Å². The van der Waals surface area contributed by atoms with E-state index in [2.05, 4.69) is 25.6 Å². The number of halogens is 1. The van der Waals surface area contributed by atoms with Crippen molar-refractivity contribution >= 4 is 29.9 Å². The number of guanidine groups is 1. The Balaban J connectivity index is 0.00000300. The molecule has 0 aliphatic heterocycles. The van der Waals surface area contributed by atoms with Gasteiger partial charge in [-0.05, 0) is 43.2 Å². The van der Waals surface area contributed by atoms with Crippen LogP contribution in [-0.4, -0.2) is 40.2 Å². The van der Waals surface area contributed by atoms with E-state index in [1.54, 1.807) is 25.8 Å². The van der Waals surface area contributed by atoms with Crippen molar-refractivity contribution in [3.05, 3.63) is 72.4 Å². The van der Waals surface area contributed by atoms with Crippen LogP contribution in [0.15, 0.2) is 66.3 Å². The van der Waals surface area contributed by atoms with Gasteiger partial charge in [0.15, 0.2) is 5.96 Å². The monoisotopic (exact) mass is 506 g/mol. The molecule has 1 aromatic carbocycles. The molecule has 0 aliphatic carbocycles. The van der Waals surface area contributed by atoms with Crippen LogP contribution in [0.5, 0.6) is 5.75 Å². The number of ether oxygens (including phenoxy) is 1. The Hall–Kier alpha value is -2.62. The number of para-hydroxylation sites is 1. The Morgan fingerprint density at radius 2 is 2.03 bits per heavy atom. The van der Waals surface area contributed by atoms with Crippen LogP contribution < -0.4 is 15.4 Å². The largest absolute Gasteiger partial charge is 0.489 e. The number of pyridine rings is 1. The van der Waals surface area contributed by atoms with Gasteiger partial charge in [-0.15, -0.1) is 24.0 Å². The molecule has 7 nitrogen and oxygen atoms in total. The summed E-state index contributed by atoms with van der Waals surface area (Å²) in [6.45, 7) is 5.36. The molecule has 2 N–H and O–H groups in total. The third-order valence-electron chi connectivity index (χ3n) is 4.24. The number of nitrogens with zero attached hydrogens (tertiary/aromatic N) is 4. The molecule has 3 rings (SSSR count). The Morgan fingerprint density at radius 3 is 2.76 bits per heavy atom. The second-order valence-corrected chi connectivity index (χ2v) is 6.49. The van der Waals surface area contributed by atoms with E-state index in [1.165, 1.54) is 0 Å². The number of hydrogen-bond donors (Lipinski definition) is 2. The van der Waals surface area contributed by atoms with Crippen molar-refractivity contribution in [1.29, 1.82) is 0 Å². The third-order valence-corrected chi connectivity index (χ3v) is 4.24. The number of rotatable bonds is 7. The Labute approximate surface area is 188 Å². The van der Waals surface area contributed by atoms with Gasteiger partial charge in [0.2, 0.25) is 0 Å². The van der Waals surface area contributed by atoms with Gasteiger partial charge < -0.3 is 15.4 Å². The minimum atomic E-state index is 0. The second-order valence-electron chi connectivity index (χ2n) is 6.49. The van der Waals surface area contributed by atoms with Crippen LogP contribution in [-0.2, 0) is 6.54 Å². The lowest BCUT2D eigenvalue weighted by Gasteiger charge is -2.19. The van der Waals surface area contributed by atoms with Crippen molar-refractivity contribution in [2.45, 2.75) is 26.5 Å². The maximum atomic E-state index is 6.00. The van der Waals surface area contributed by atoms with E-state index in [1.807, 2.05) is 61.0 Å². The number of aryl methyl sites for hydroxylation is 1. The average molecular weight is 506 g/mol. The van der Waals surface area contributed by atoms with Gasteiger partial charge in [0.1, 0.15) is 24.0 Å². The van der Waals surface area contributed by atoms with Crippen molar-refractivity contribution in [3.8, 4) is 11.6 Å². The smallest absolute Gasteiger partial charge is 0.191 e. The van der Waals surface area contributed by atoms with Crippen LogP contribution in [0.25, 0.3) is 5.82 Å². The van der Waals surface area contributed by atoms with Gasteiger partial charge in [0.05, 0.1) is 6.54 Å². The molecular formula is C21H27IN6O. The van der Waals surface area contributed by atoms with Gasteiger partial charge >= 0.3 is 0 Å². The van der Waals surface area contributed by atoms with Crippen molar-refractivity contribution in [2.24, 2.45) is 4.99 Å². The predicted molar refractivity (Wildman–Crippen MR) is 126 cm³/mol. The summed E-state index contributed by atoms with van der Waals surface area (Å²) in [4.78, 5) is 12.7. The lowest BCUT2D eigenvalue weighted by Crippen LogP contribution is -2.41. The van der Waals surface area contributed by atoms with Crippen molar-refractivity contribution in [2.75, 3.05) is 13.6 Å². The van der Waals surface area contributed by atoms with E-state index in [-0.39, 0.29) is 30.1 Å². The SMILES string of the molecule is CN=C(NCc1ccnc(-n2ccnc2)c1)NCC(C)Oc1ccccc1C.I. The summed E-state index contributed by atoms with van der Waals surface area (Å²) in [5, 5.41) is 6.62. The van der Waals surface area contributed by atoms with Gasteiger partial charge in [-0.3, -0.25) is 9.56 Å². The zero-order chi connectivity index (χ0) is 19.8. The normalized spacial score (nSPS) is 12.0. The van der Waals surface area contributed by atoms with E-state index < -0.39 is 0 Å². The highest BCUT2D eigenvalue weighted by Crippen LogP contribution is 2.17. The fourth-order valence-corrected chi connectivity index (χ4v) is 2.70. The van der Waals surface area contributed by atoms with Crippen LogP contribution in [0.4, 0.5) is 0 Å². The first kappa shape index (κ1) is 22.7. The zero-order valence-electron chi connectivity index (χ0n) is 16.9. The molecule has 2 aromatic heterocycles. The number of aromatic nitrogens is 3. The highest BCUT2D eigenvalue weighted by atomic mass is 127. The summed E-state index contributed by atoms with van der Waals surface area (Å²) < 4.78 is 7.87. The fourth-order valence-electron chi connectivity index (χ4n) is 2.70. The van der Waals surface area contributed by atoms with Crippen molar-refractivity contribution in [3.63, 3.8) is 0 Å². The molecule has 0 amide bonds. The molecule has 0 aliphatic rings. The molecule has 0 saturated heterocycles. The number of aliphatic imine (C=N–C) groups is 1. The van der Waals surface area contributed by atoms with Gasteiger partial charge in [-0.25, -0.2) is 9.97 Å². The molecule has 0 radical (unpaired) electrons. The van der Waals surface area contributed by atoms with E-state index in [0.29, 0.717) is 13.1 Å². The summed E-state index contributed by atoms with van der Waals surface area (Å²) in [5.74, 6) is 2.46. The van der Waals surface area contributed by atoms with E-state index in [0.717, 1.165) is 28.7 Å². The third kappa shape index (κ3) is 6.74. The lowest BCUT2D eigenvalue weighted by molar-refractivity contribution is 0.222. The summed E-state index contributed by atoms with van der Waals surface area (Å²) in [6.07, 6.45) is 7.14. The standard InChI is InChI=1S/C21H26N6O.HI/c1-16-6-4-5-7-19(16)28-17(2)13-25-21(22-3)26-14-18-8-9-24-20(12-18)27-11-10-23-15-27;/h4-12,15,17H,13-14H2,1-3H3,(H2,22,25,26);1H. The lowest BCUT2D eigenvalue weighted by atomic mass is 10.2. The summed E-state index contributed by atoms with van der Waals surface area (Å²) >= 11 is 0. The van der Waals surface area contributed by atoms with Gasteiger partial charge in [0.25, 0.3) is 0 Å². The summed E-state index contributed by atoms with van der Waals surface area (Å²) in [6, 6.07) is 12.0. The average Bonchev–Trinajstić information content (AvgIpc) is 3.25. The molecule has 0 bridgehead atoms. The van der Waals surface area contributed by atoms with Gasteiger partial charge in [-0.2, -0.15) is 0 Å². The highest BCUT2D eigenvalue weighted by molar-refractivity contribution is 14.0. The topological polar surface area (TPSA) is 76.4 Å². The molecule has 0 fully saturated rings.